The van der Waals surface area contributed by atoms with Crippen LogP contribution in [0.15, 0.2) is 12.1 Å². The summed E-state index contributed by atoms with van der Waals surface area (Å²) in [7, 11) is 1.57. The summed E-state index contributed by atoms with van der Waals surface area (Å²) in [5.41, 5.74) is 7.69. The number of anilines is 1. The number of nitrogens with zero attached hydrogens (tertiary/aromatic N) is 1. The molecular formula is C15H19N3O5. The number of aryl methyl sites for hydroxylation is 1. The third-order valence-electron chi connectivity index (χ3n) is 4.74. The Morgan fingerprint density at radius 3 is 3.09 bits per heavy atom. The maximum atomic E-state index is 11.1. The number of hydrogen-bond donors (Lipinski definition) is 3. The van der Waals surface area contributed by atoms with E-state index in [0.717, 1.165) is 16.8 Å². The quantitative estimate of drug-likeness (QED) is 0.670. The van der Waals surface area contributed by atoms with Gasteiger partial charge in [0.25, 0.3) is 0 Å². The van der Waals surface area contributed by atoms with Crippen LogP contribution in [-0.4, -0.2) is 49.3 Å². The summed E-state index contributed by atoms with van der Waals surface area (Å²) in [6, 6.07) is 3.79. The van der Waals surface area contributed by atoms with Crippen LogP contribution in [0.5, 0.6) is 5.75 Å². The van der Waals surface area contributed by atoms with Crippen LogP contribution in [0.1, 0.15) is 17.0 Å². The predicted octanol–water partition coefficient (Wildman–Crippen LogP) is -0.0233. The predicted molar refractivity (Wildman–Crippen MR) is 80.1 cm³/mol. The number of fused-ring (bicyclic) bond motifs is 6. The summed E-state index contributed by atoms with van der Waals surface area (Å²) in [6.45, 7) is 2.51. The van der Waals surface area contributed by atoms with Gasteiger partial charge in [0.1, 0.15) is 12.4 Å². The summed E-state index contributed by atoms with van der Waals surface area (Å²) < 4.78 is 10.5. The molecule has 4 rings (SSSR count). The van der Waals surface area contributed by atoms with Crippen LogP contribution >= 0.6 is 0 Å². The number of rotatable bonds is 3. The fourth-order valence-corrected chi connectivity index (χ4v) is 3.66. The summed E-state index contributed by atoms with van der Waals surface area (Å²) in [5.74, 6) is -1.48. The zero-order valence-electron chi connectivity index (χ0n) is 12.9. The van der Waals surface area contributed by atoms with E-state index in [9.17, 15) is 9.90 Å². The van der Waals surface area contributed by atoms with Crippen LogP contribution in [0.3, 0.4) is 0 Å². The molecule has 1 aromatic rings. The molecule has 1 amide bonds. The molecule has 2 saturated heterocycles. The minimum Gasteiger partial charge on any atom is -0.496 e. The summed E-state index contributed by atoms with van der Waals surface area (Å²) in [5, 5.41) is 16.0. The number of hydrogen-bond acceptors (Lipinski definition) is 7. The van der Waals surface area contributed by atoms with Crippen molar-refractivity contribution >= 4 is 11.8 Å². The normalized spacial score (nSPS) is 33.5. The molecule has 0 spiro atoms. The number of ether oxygens (including phenoxy) is 2. The maximum Gasteiger partial charge on any atom is 0.404 e. The summed E-state index contributed by atoms with van der Waals surface area (Å²) in [6.07, 6.45) is -0.889. The van der Waals surface area contributed by atoms with Gasteiger partial charge in [-0.05, 0) is 24.6 Å². The molecule has 1 aromatic carbocycles. The molecule has 2 fully saturated rings. The van der Waals surface area contributed by atoms with Gasteiger partial charge in [0.2, 0.25) is 5.79 Å². The highest BCUT2D eigenvalue weighted by Crippen LogP contribution is 2.53. The average Bonchev–Trinajstić information content (AvgIpc) is 3.27. The van der Waals surface area contributed by atoms with E-state index in [1.165, 1.54) is 0 Å². The molecule has 4 N–H and O–H groups in total. The van der Waals surface area contributed by atoms with E-state index in [1.54, 1.807) is 12.2 Å². The van der Waals surface area contributed by atoms with Crippen LogP contribution in [-0.2, 0) is 9.57 Å². The second-order valence-corrected chi connectivity index (χ2v) is 6.24. The highest BCUT2D eigenvalue weighted by molar-refractivity contribution is 5.67. The van der Waals surface area contributed by atoms with Crippen molar-refractivity contribution in [3.63, 3.8) is 0 Å². The first-order chi connectivity index (χ1) is 10.9. The number of nitrogens with one attached hydrogen (secondary N) is 1. The van der Waals surface area contributed by atoms with Gasteiger partial charge in [-0.3, -0.25) is 0 Å². The summed E-state index contributed by atoms with van der Waals surface area (Å²) in [4.78, 5) is 16.9. The number of amides is 1. The van der Waals surface area contributed by atoms with Crippen LogP contribution in [0.4, 0.5) is 10.5 Å². The number of aliphatic hydroxyl groups is 1. The molecule has 2 bridgehead atoms. The smallest absolute Gasteiger partial charge is 0.404 e. The Balaban J connectivity index is 1.85. The Kier molecular flexibility index (Phi) is 2.99. The van der Waals surface area contributed by atoms with E-state index in [0.29, 0.717) is 12.3 Å². The first-order valence-corrected chi connectivity index (χ1v) is 7.50. The summed E-state index contributed by atoms with van der Waals surface area (Å²) >= 11 is 0. The second-order valence-electron chi connectivity index (χ2n) is 6.24. The molecule has 0 aromatic heterocycles. The Morgan fingerprint density at radius 2 is 2.39 bits per heavy atom. The number of primary amides is 1. The second kappa shape index (κ2) is 4.73. The molecule has 3 aliphatic rings. The van der Waals surface area contributed by atoms with Crippen molar-refractivity contribution in [2.75, 3.05) is 25.3 Å². The lowest BCUT2D eigenvalue weighted by Crippen LogP contribution is -2.59. The largest absolute Gasteiger partial charge is 0.496 e. The minimum atomic E-state index is -1.51. The van der Waals surface area contributed by atoms with Gasteiger partial charge in [-0.15, -0.1) is 0 Å². The Bertz CT molecular complexity index is 681. The van der Waals surface area contributed by atoms with Gasteiger partial charge in [0.15, 0.2) is 0 Å². The topological polar surface area (TPSA) is 116 Å². The van der Waals surface area contributed by atoms with E-state index in [2.05, 4.69) is 5.32 Å². The van der Waals surface area contributed by atoms with Crippen molar-refractivity contribution in [2.24, 2.45) is 5.73 Å². The van der Waals surface area contributed by atoms with Crippen molar-refractivity contribution in [1.29, 1.82) is 0 Å². The molecule has 23 heavy (non-hydrogen) atoms. The van der Waals surface area contributed by atoms with Crippen molar-refractivity contribution in [2.45, 2.75) is 30.7 Å². The van der Waals surface area contributed by atoms with Gasteiger partial charge < -0.3 is 25.6 Å². The fourth-order valence-electron chi connectivity index (χ4n) is 3.66. The van der Waals surface area contributed by atoms with Crippen molar-refractivity contribution in [3.05, 3.63) is 23.3 Å². The third-order valence-corrected chi connectivity index (χ3v) is 4.74. The van der Waals surface area contributed by atoms with E-state index in [-0.39, 0.29) is 18.7 Å². The third kappa shape index (κ3) is 2.06. The van der Waals surface area contributed by atoms with Crippen LogP contribution in [0, 0.1) is 6.92 Å². The Labute approximate surface area is 133 Å². The lowest BCUT2D eigenvalue weighted by atomic mass is 9.82. The molecule has 3 aliphatic heterocycles. The van der Waals surface area contributed by atoms with Gasteiger partial charge in [0.05, 0.1) is 31.3 Å². The molecule has 0 unspecified atom stereocenters. The highest BCUT2D eigenvalue weighted by Gasteiger charge is 2.65. The maximum absolute atomic E-state index is 11.1. The number of carbonyl (C=O) groups is 1. The lowest BCUT2D eigenvalue weighted by Gasteiger charge is -2.48. The first kappa shape index (κ1) is 14.6. The van der Waals surface area contributed by atoms with E-state index >= 15 is 0 Å². The van der Waals surface area contributed by atoms with E-state index in [4.69, 9.17) is 20.0 Å². The molecule has 8 heteroatoms. The molecule has 124 valence electrons. The zero-order valence-corrected chi connectivity index (χ0v) is 12.9. The average molecular weight is 321 g/mol. The van der Waals surface area contributed by atoms with Gasteiger partial charge in [0, 0.05) is 11.6 Å². The highest BCUT2D eigenvalue weighted by atomic mass is 16.8. The Hall–Kier alpha value is -2.03. The SMILES string of the molecule is COc1cc(C)cc2c1[C@@H](COC(N)=O)[C@@]1(O)ON2C[C@H]2N[C@H]21. The lowest BCUT2D eigenvalue weighted by molar-refractivity contribution is -0.247. The molecule has 0 aliphatic carbocycles. The van der Waals surface area contributed by atoms with Crippen molar-refractivity contribution < 1.29 is 24.2 Å². The molecule has 4 atom stereocenters. The fraction of sp³-hybridized carbons (Fsp3) is 0.533. The molecule has 3 heterocycles. The van der Waals surface area contributed by atoms with Crippen LogP contribution in [0.25, 0.3) is 0 Å². The van der Waals surface area contributed by atoms with Gasteiger partial charge in [-0.25, -0.2) is 14.7 Å². The standard InChI is InChI=1S/C15H19N3O5/c1-7-3-10-12(11(4-7)21-2)8(6-22-14(16)19)15(20)13-9(17-13)5-18(10)23-15/h3-4,8-9,13,17,20H,5-6H2,1-2H3,(H2,16,19)/t8-,9-,13-,15-/m1/s1. The molecule has 0 radical (unpaired) electrons. The number of methoxy groups -OCH3 is 1. The van der Waals surface area contributed by atoms with Crippen molar-refractivity contribution in [1.82, 2.24) is 5.32 Å². The van der Waals surface area contributed by atoms with Crippen molar-refractivity contribution in [3.8, 4) is 5.75 Å². The van der Waals surface area contributed by atoms with E-state index < -0.39 is 17.8 Å². The molecule has 8 nitrogen and oxygen atoms in total. The van der Waals surface area contributed by atoms with E-state index in [1.807, 2.05) is 19.1 Å². The van der Waals surface area contributed by atoms with Gasteiger partial charge in [-0.1, -0.05) is 0 Å². The number of carbonyl (C=O) groups excluding carboxylic acids is 1. The number of hydroxylamine groups is 1. The number of benzene rings is 1. The Morgan fingerprint density at radius 1 is 1.61 bits per heavy atom. The van der Waals surface area contributed by atoms with Crippen LogP contribution in [0.2, 0.25) is 0 Å². The van der Waals surface area contributed by atoms with Gasteiger partial charge >= 0.3 is 6.09 Å². The molecular weight excluding hydrogens is 302 g/mol. The minimum absolute atomic E-state index is 0.0863. The molecule has 0 saturated carbocycles. The van der Waals surface area contributed by atoms with Crippen LogP contribution < -0.4 is 20.9 Å². The van der Waals surface area contributed by atoms with Gasteiger partial charge in [-0.2, -0.15) is 0 Å². The first-order valence-electron chi connectivity index (χ1n) is 7.50. The monoisotopic (exact) mass is 321 g/mol. The zero-order chi connectivity index (χ0) is 16.4. The number of nitrogens with two attached hydrogens (primary N) is 1.